The molecule has 84 valence electrons. The summed E-state index contributed by atoms with van der Waals surface area (Å²) in [6.45, 7) is 3.69. The molecule has 0 N–H and O–H groups in total. The molecule has 0 aliphatic heterocycles. The van der Waals surface area contributed by atoms with Crippen molar-refractivity contribution >= 4 is 16.7 Å². The van der Waals surface area contributed by atoms with Gasteiger partial charge >= 0.3 is 0 Å². The fourth-order valence-corrected chi connectivity index (χ4v) is 1.33. The lowest BCUT2D eigenvalue weighted by atomic mass is 10.2. The molecule has 6 nitrogen and oxygen atoms in total. The molecular weight excluding hydrogens is 212 g/mol. The Labute approximate surface area is 90.9 Å². The fourth-order valence-electron chi connectivity index (χ4n) is 1.33. The van der Waals surface area contributed by atoms with Crippen LogP contribution in [-0.2, 0) is 0 Å². The van der Waals surface area contributed by atoms with E-state index in [9.17, 15) is 10.1 Å². The van der Waals surface area contributed by atoms with Crippen LogP contribution in [0.4, 0.5) is 5.69 Å². The molecule has 0 radical (unpaired) electrons. The van der Waals surface area contributed by atoms with Crippen molar-refractivity contribution < 1.29 is 14.2 Å². The third-order valence-electron chi connectivity index (χ3n) is 1.98. The maximum absolute atomic E-state index is 10.6. The van der Waals surface area contributed by atoms with Gasteiger partial charge in [0.25, 0.3) is 11.6 Å². The summed E-state index contributed by atoms with van der Waals surface area (Å²) in [7, 11) is 0. The van der Waals surface area contributed by atoms with Crippen molar-refractivity contribution in [3.05, 3.63) is 28.3 Å². The molecule has 0 aliphatic rings. The first kappa shape index (κ1) is 10.4. The normalized spacial score (nSPS) is 10.9. The van der Waals surface area contributed by atoms with Crippen LogP contribution >= 0.6 is 0 Å². The predicted octanol–water partition coefficient (Wildman–Crippen LogP) is 2.52. The maximum atomic E-state index is 10.6. The zero-order valence-corrected chi connectivity index (χ0v) is 8.84. The summed E-state index contributed by atoms with van der Waals surface area (Å²) in [5.41, 5.74) is 0.463. The van der Waals surface area contributed by atoms with Crippen LogP contribution in [-0.4, -0.2) is 16.2 Å². The Morgan fingerprint density at radius 1 is 1.50 bits per heavy atom. The van der Waals surface area contributed by atoms with Gasteiger partial charge in [-0.3, -0.25) is 10.1 Å². The van der Waals surface area contributed by atoms with Crippen molar-refractivity contribution in [2.45, 2.75) is 20.0 Å². The molecule has 0 unspecified atom stereocenters. The number of aromatic nitrogens is 1. The molecule has 0 atom stereocenters. The zero-order valence-electron chi connectivity index (χ0n) is 8.84. The lowest BCUT2D eigenvalue weighted by Gasteiger charge is -2.04. The Balaban J connectivity index is 2.51. The number of fused-ring (bicyclic) bond motifs is 1. The standard InChI is InChI=1S/C10H10N2O4/c1-6(2)15-10-8-5-7(12(13)14)3-4-9(8)16-11-10/h3-6H,1-2H3. The lowest BCUT2D eigenvalue weighted by molar-refractivity contribution is -0.384. The molecule has 2 aromatic rings. The highest BCUT2D eigenvalue weighted by Gasteiger charge is 2.15. The molecule has 0 bridgehead atoms. The second-order valence-corrected chi connectivity index (χ2v) is 3.59. The summed E-state index contributed by atoms with van der Waals surface area (Å²) in [6, 6.07) is 4.27. The van der Waals surface area contributed by atoms with Gasteiger partial charge in [-0.2, -0.15) is 0 Å². The van der Waals surface area contributed by atoms with Crippen LogP contribution in [0.2, 0.25) is 0 Å². The summed E-state index contributed by atoms with van der Waals surface area (Å²) in [6.07, 6.45) is -0.0624. The van der Waals surface area contributed by atoms with E-state index in [1.807, 2.05) is 13.8 Å². The van der Waals surface area contributed by atoms with E-state index in [0.717, 1.165) is 0 Å². The Bertz CT molecular complexity index is 533. The quantitative estimate of drug-likeness (QED) is 0.588. The SMILES string of the molecule is CC(C)Oc1noc2ccc([N+](=O)[O-])cc12. The number of nitrogens with zero attached hydrogens (tertiary/aromatic N) is 2. The highest BCUT2D eigenvalue weighted by molar-refractivity contribution is 5.84. The van der Waals surface area contributed by atoms with E-state index >= 15 is 0 Å². The van der Waals surface area contributed by atoms with Crippen molar-refractivity contribution in [1.82, 2.24) is 5.16 Å². The number of hydrogen-bond acceptors (Lipinski definition) is 5. The van der Waals surface area contributed by atoms with Gasteiger partial charge in [0.2, 0.25) is 0 Å². The van der Waals surface area contributed by atoms with E-state index in [-0.39, 0.29) is 17.7 Å². The van der Waals surface area contributed by atoms with E-state index in [0.29, 0.717) is 11.0 Å². The van der Waals surface area contributed by atoms with Crippen LogP contribution in [0.15, 0.2) is 22.7 Å². The summed E-state index contributed by atoms with van der Waals surface area (Å²) in [5.74, 6) is 0.286. The molecule has 1 heterocycles. The average molecular weight is 222 g/mol. The number of nitro benzene ring substituents is 1. The Morgan fingerprint density at radius 2 is 2.25 bits per heavy atom. The average Bonchev–Trinajstić information content (AvgIpc) is 2.60. The first-order valence-corrected chi connectivity index (χ1v) is 4.78. The van der Waals surface area contributed by atoms with Gasteiger partial charge in [0, 0.05) is 12.1 Å². The van der Waals surface area contributed by atoms with E-state index in [1.165, 1.54) is 18.2 Å². The van der Waals surface area contributed by atoms with Crippen molar-refractivity contribution in [2.24, 2.45) is 0 Å². The van der Waals surface area contributed by atoms with E-state index in [4.69, 9.17) is 9.26 Å². The largest absolute Gasteiger partial charge is 0.472 e. The Hall–Kier alpha value is -2.11. The van der Waals surface area contributed by atoms with Gasteiger partial charge in [-0.25, -0.2) is 0 Å². The van der Waals surface area contributed by atoms with Crippen molar-refractivity contribution in [2.75, 3.05) is 0 Å². The highest BCUT2D eigenvalue weighted by Crippen LogP contribution is 2.28. The third-order valence-corrected chi connectivity index (χ3v) is 1.98. The number of non-ortho nitro benzene ring substituents is 1. The van der Waals surface area contributed by atoms with Crippen molar-refractivity contribution in [3.63, 3.8) is 0 Å². The Morgan fingerprint density at radius 3 is 2.88 bits per heavy atom. The van der Waals surface area contributed by atoms with Gasteiger partial charge in [0.05, 0.1) is 16.4 Å². The molecule has 1 aromatic carbocycles. The summed E-state index contributed by atoms with van der Waals surface area (Å²) < 4.78 is 10.4. The molecule has 0 amide bonds. The van der Waals surface area contributed by atoms with Gasteiger partial charge in [-0.15, -0.1) is 0 Å². The molecule has 2 rings (SSSR count). The predicted molar refractivity (Wildman–Crippen MR) is 56.4 cm³/mol. The molecule has 1 aromatic heterocycles. The number of benzene rings is 1. The van der Waals surface area contributed by atoms with Crippen LogP contribution in [0, 0.1) is 10.1 Å². The van der Waals surface area contributed by atoms with Crippen LogP contribution in [0.25, 0.3) is 11.0 Å². The molecule has 6 heteroatoms. The molecule has 0 aliphatic carbocycles. The van der Waals surface area contributed by atoms with Gasteiger partial charge < -0.3 is 9.26 Å². The number of rotatable bonds is 3. The van der Waals surface area contributed by atoms with Gasteiger partial charge in [-0.05, 0) is 25.1 Å². The van der Waals surface area contributed by atoms with E-state index < -0.39 is 4.92 Å². The Kier molecular flexibility index (Phi) is 2.47. The van der Waals surface area contributed by atoms with Crippen LogP contribution in [0.1, 0.15) is 13.8 Å². The number of ether oxygens (including phenoxy) is 1. The lowest BCUT2D eigenvalue weighted by Crippen LogP contribution is -2.05. The summed E-state index contributed by atoms with van der Waals surface area (Å²) in [5, 5.41) is 14.8. The third kappa shape index (κ3) is 1.81. The highest BCUT2D eigenvalue weighted by atomic mass is 16.6. The van der Waals surface area contributed by atoms with Crippen molar-refractivity contribution in [1.29, 1.82) is 0 Å². The minimum absolute atomic E-state index is 0.00990. The molecule has 0 saturated heterocycles. The smallest absolute Gasteiger partial charge is 0.270 e. The van der Waals surface area contributed by atoms with Crippen molar-refractivity contribution in [3.8, 4) is 5.88 Å². The van der Waals surface area contributed by atoms with Gasteiger partial charge in [0.15, 0.2) is 5.58 Å². The molecule has 0 spiro atoms. The first-order valence-electron chi connectivity index (χ1n) is 4.78. The summed E-state index contributed by atoms with van der Waals surface area (Å²) >= 11 is 0. The topological polar surface area (TPSA) is 78.4 Å². The molecular formula is C10H10N2O4. The van der Waals surface area contributed by atoms with Crippen LogP contribution < -0.4 is 4.74 Å². The summed E-state index contributed by atoms with van der Waals surface area (Å²) in [4.78, 5) is 10.1. The molecule has 0 saturated carbocycles. The second kappa shape index (κ2) is 3.80. The van der Waals surface area contributed by atoms with E-state index in [2.05, 4.69) is 5.16 Å². The number of nitro groups is 1. The zero-order chi connectivity index (χ0) is 11.7. The fraction of sp³-hybridized carbons (Fsp3) is 0.300. The monoisotopic (exact) mass is 222 g/mol. The first-order chi connectivity index (χ1) is 7.58. The van der Waals surface area contributed by atoms with Gasteiger partial charge in [-0.1, -0.05) is 0 Å². The number of hydrogen-bond donors (Lipinski definition) is 0. The molecule has 16 heavy (non-hydrogen) atoms. The minimum Gasteiger partial charge on any atom is -0.472 e. The van der Waals surface area contributed by atoms with Gasteiger partial charge in [0.1, 0.15) is 0 Å². The van der Waals surface area contributed by atoms with Crippen LogP contribution in [0.3, 0.4) is 0 Å². The molecule has 0 fully saturated rings. The second-order valence-electron chi connectivity index (χ2n) is 3.59. The minimum atomic E-state index is -0.467. The van der Waals surface area contributed by atoms with E-state index in [1.54, 1.807) is 0 Å². The maximum Gasteiger partial charge on any atom is 0.270 e. The van der Waals surface area contributed by atoms with Crippen LogP contribution in [0.5, 0.6) is 5.88 Å².